The topological polar surface area (TPSA) is 49.3 Å². The first-order valence-electron chi connectivity index (χ1n) is 10.5. The number of fused-ring (bicyclic) bond motifs is 1. The van der Waals surface area contributed by atoms with Gasteiger partial charge in [-0.1, -0.05) is 19.3 Å². The van der Waals surface area contributed by atoms with Gasteiger partial charge in [0.15, 0.2) is 0 Å². The first-order chi connectivity index (χ1) is 12.7. The van der Waals surface area contributed by atoms with Gasteiger partial charge in [0.05, 0.1) is 0 Å². The Bertz CT molecular complexity index is 633. The van der Waals surface area contributed by atoms with Gasteiger partial charge in [0, 0.05) is 69.4 Å². The maximum Gasteiger partial charge on any atom is 0.219 e. The number of aromatic nitrogens is 2. The van der Waals surface area contributed by atoms with E-state index in [0.29, 0.717) is 5.92 Å². The summed E-state index contributed by atoms with van der Waals surface area (Å²) in [5.74, 6) is 2.51. The zero-order valence-electron chi connectivity index (χ0n) is 16.1. The van der Waals surface area contributed by atoms with Crippen LogP contribution in [0.25, 0.3) is 0 Å². The molecule has 3 heterocycles. The van der Waals surface area contributed by atoms with Gasteiger partial charge in [-0.05, 0) is 31.6 Å². The highest BCUT2D eigenvalue weighted by Gasteiger charge is 2.26. The predicted molar refractivity (Wildman–Crippen MR) is 102 cm³/mol. The summed E-state index contributed by atoms with van der Waals surface area (Å²) in [5, 5.41) is 0. The Morgan fingerprint density at radius 3 is 2.62 bits per heavy atom. The van der Waals surface area contributed by atoms with Gasteiger partial charge in [0.1, 0.15) is 5.82 Å². The van der Waals surface area contributed by atoms with Gasteiger partial charge in [0.25, 0.3) is 0 Å². The van der Waals surface area contributed by atoms with Crippen molar-refractivity contribution in [3.63, 3.8) is 0 Å². The number of hydrogen-bond donors (Lipinski definition) is 0. The van der Waals surface area contributed by atoms with Gasteiger partial charge >= 0.3 is 0 Å². The number of carbonyl (C=O) groups excluding carboxylic acids is 1. The fourth-order valence-electron chi connectivity index (χ4n) is 4.93. The molecule has 0 N–H and O–H groups in total. The van der Waals surface area contributed by atoms with E-state index < -0.39 is 0 Å². The molecule has 5 heteroatoms. The first-order valence-corrected chi connectivity index (χ1v) is 10.5. The third kappa shape index (κ3) is 4.08. The van der Waals surface area contributed by atoms with Crippen LogP contribution in [0.5, 0.6) is 0 Å². The van der Waals surface area contributed by atoms with Crippen LogP contribution < -0.4 is 0 Å². The molecule has 0 bridgehead atoms. The minimum atomic E-state index is 0.188. The molecule has 142 valence electrons. The minimum absolute atomic E-state index is 0.188. The Labute approximate surface area is 157 Å². The highest BCUT2D eigenvalue weighted by atomic mass is 16.2. The van der Waals surface area contributed by atoms with Crippen molar-refractivity contribution in [2.75, 3.05) is 26.2 Å². The van der Waals surface area contributed by atoms with Crippen molar-refractivity contribution in [3.8, 4) is 0 Å². The van der Waals surface area contributed by atoms with Gasteiger partial charge in [-0.15, -0.1) is 0 Å². The van der Waals surface area contributed by atoms with E-state index in [0.717, 1.165) is 57.2 Å². The third-order valence-electron chi connectivity index (χ3n) is 6.58. The van der Waals surface area contributed by atoms with E-state index in [-0.39, 0.29) is 5.91 Å². The zero-order valence-corrected chi connectivity index (χ0v) is 16.1. The molecule has 2 aliphatic heterocycles. The minimum Gasteiger partial charge on any atom is -0.343 e. The molecule has 0 radical (unpaired) electrons. The number of carbonyl (C=O) groups is 1. The Kier molecular flexibility index (Phi) is 5.53. The predicted octanol–water partition coefficient (Wildman–Crippen LogP) is 3.14. The molecule has 5 nitrogen and oxygen atoms in total. The second-order valence-corrected chi connectivity index (χ2v) is 8.47. The second kappa shape index (κ2) is 8.03. The van der Waals surface area contributed by atoms with Crippen molar-refractivity contribution in [2.24, 2.45) is 5.92 Å². The van der Waals surface area contributed by atoms with Crippen LogP contribution >= 0.6 is 0 Å². The SMILES string of the molecule is CC(=O)N1CCC(c2ncc3c(n2)CCN(CC2CCCCC2)C3)CC1. The van der Waals surface area contributed by atoms with Crippen LogP contribution in [-0.2, 0) is 17.8 Å². The highest BCUT2D eigenvalue weighted by molar-refractivity contribution is 5.73. The summed E-state index contributed by atoms with van der Waals surface area (Å²) < 4.78 is 0. The summed E-state index contributed by atoms with van der Waals surface area (Å²) in [7, 11) is 0. The van der Waals surface area contributed by atoms with Gasteiger partial charge < -0.3 is 4.90 Å². The standard InChI is InChI=1S/C21H32N4O/c1-16(26)25-11-7-18(8-12-25)21-22-13-19-15-24(10-9-20(19)23-21)14-17-5-3-2-4-6-17/h13,17-18H,2-12,14-15H2,1H3. The van der Waals surface area contributed by atoms with Crippen molar-refractivity contribution >= 4 is 5.91 Å². The summed E-state index contributed by atoms with van der Waals surface area (Å²) in [5.41, 5.74) is 2.60. The average Bonchev–Trinajstić information content (AvgIpc) is 2.68. The van der Waals surface area contributed by atoms with Crippen LogP contribution in [0, 0.1) is 5.92 Å². The fraction of sp³-hybridized carbons (Fsp3) is 0.762. The van der Waals surface area contributed by atoms with Crippen LogP contribution in [0.4, 0.5) is 0 Å². The van der Waals surface area contributed by atoms with Crippen LogP contribution in [-0.4, -0.2) is 51.9 Å². The van der Waals surface area contributed by atoms with E-state index in [4.69, 9.17) is 9.97 Å². The number of hydrogen-bond acceptors (Lipinski definition) is 4. The Balaban J connectivity index is 1.36. The molecular weight excluding hydrogens is 324 g/mol. The van der Waals surface area contributed by atoms with E-state index in [9.17, 15) is 4.79 Å². The van der Waals surface area contributed by atoms with Crippen molar-refractivity contribution in [2.45, 2.75) is 70.8 Å². The molecule has 1 saturated carbocycles. The lowest BCUT2D eigenvalue weighted by molar-refractivity contribution is -0.129. The van der Waals surface area contributed by atoms with Crippen LogP contribution in [0.3, 0.4) is 0 Å². The summed E-state index contributed by atoms with van der Waals surface area (Å²) >= 11 is 0. The van der Waals surface area contributed by atoms with Crippen LogP contribution in [0.2, 0.25) is 0 Å². The van der Waals surface area contributed by atoms with E-state index in [2.05, 4.69) is 11.1 Å². The molecule has 1 aromatic heterocycles. The molecule has 4 rings (SSSR count). The first kappa shape index (κ1) is 17.9. The summed E-state index contributed by atoms with van der Waals surface area (Å²) in [6, 6.07) is 0. The number of rotatable bonds is 3. The van der Waals surface area contributed by atoms with Gasteiger partial charge in [-0.25, -0.2) is 9.97 Å². The van der Waals surface area contributed by atoms with Crippen molar-refractivity contribution < 1.29 is 4.79 Å². The Hall–Kier alpha value is -1.49. The molecule has 1 aromatic rings. The Morgan fingerprint density at radius 1 is 1.12 bits per heavy atom. The maximum atomic E-state index is 11.5. The van der Waals surface area contributed by atoms with Crippen molar-refractivity contribution in [1.29, 1.82) is 0 Å². The monoisotopic (exact) mass is 356 g/mol. The highest BCUT2D eigenvalue weighted by Crippen LogP contribution is 2.29. The Morgan fingerprint density at radius 2 is 1.88 bits per heavy atom. The smallest absolute Gasteiger partial charge is 0.219 e. The molecule has 1 amide bonds. The van der Waals surface area contributed by atoms with Crippen molar-refractivity contribution in [3.05, 3.63) is 23.3 Å². The lowest BCUT2D eigenvalue weighted by Crippen LogP contribution is -2.37. The number of amides is 1. The molecule has 1 saturated heterocycles. The van der Waals surface area contributed by atoms with Gasteiger partial charge in [0.2, 0.25) is 5.91 Å². The summed E-state index contributed by atoms with van der Waals surface area (Å²) in [6.07, 6.45) is 12.2. The van der Waals surface area contributed by atoms with Crippen LogP contribution in [0.1, 0.15) is 74.9 Å². The van der Waals surface area contributed by atoms with E-state index >= 15 is 0 Å². The summed E-state index contributed by atoms with van der Waals surface area (Å²) in [6.45, 7) is 6.77. The molecule has 2 fully saturated rings. The molecule has 0 aromatic carbocycles. The van der Waals surface area contributed by atoms with Crippen molar-refractivity contribution in [1.82, 2.24) is 19.8 Å². The number of nitrogens with zero attached hydrogens (tertiary/aromatic N) is 4. The fourth-order valence-corrected chi connectivity index (χ4v) is 4.93. The van der Waals surface area contributed by atoms with Gasteiger partial charge in [-0.2, -0.15) is 0 Å². The van der Waals surface area contributed by atoms with Crippen LogP contribution in [0.15, 0.2) is 6.20 Å². The molecule has 3 aliphatic rings. The number of likely N-dealkylation sites (tertiary alicyclic amines) is 1. The molecule has 1 aliphatic carbocycles. The average molecular weight is 357 g/mol. The van der Waals surface area contributed by atoms with E-state index in [1.807, 2.05) is 4.90 Å². The quantitative estimate of drug-likeness (QED) is 0.835. The lowest BCUT2D eigenvalue weighted by atomic mass is 9.88. The largest absolute Gasteiger partial charge is 0.343 e. The second-order valence-electron chi connectivity index (χ2n) is 8.47. The number of piperidine rings is 1. The lowest BCUT2D eigenvalue weighted by Gasteiger charge is -2.33. The molecular formula is C21H32N4O. The van der Waals surface area contributed by atoms with Gasteiger partial charge in [-0.3, -0.25) is 9.69 Å². The molecule has 0 unspecified atom stereocenters. The normalized spacial score (nSPS) is 23.0. The maximum absolute atomic E-state index is 11.5. The third-order valence-corrected chi connectivity index (χ3v) is 6.58. The zero-order chi connectivity index (χ0) is 17.9. The molecule has 0 atom stereocenters. The molecule has 26 heavy (non-hydrogen) atoms. The van der Waals surface area contributed by atoms with E-state index in [1.165, 1.54) is 49.9 Å². The van der Waals surface area contributed by atoms with E-state index in [1.54, 1.807) is 6.92 Å². The summed E-state index contributed by atoms with van der Waals surface area (Å²) in [4.78, 5) is 25.7. The molecule has 0 spiro atoms.